The number of nitrogens with zero attached hydrogens (tertiary/aromatic N) is 3. The van der Waals surface area contributed by atoms with Gasteiger partial charge in [0.15, 0.2) is 0 Å². The molecule has 4 rings (SSSR count). The zero-order valence-corrected chi connectivity index (χ0v) is 14.8. The molecule has 2 amide bonds. The minimum absolute atomic E-state index is 0.0898. The van der Waals surface area contributed by atoms with Crippen LogP contribution in [0.1, 0.15) is 24.5 Å². The zero-order chi connectivity index (χ0) is 18.5. The second kappa shape index (κ2) is 7.90. The van der Waals surface area contributed by atoms with Crippen molar-refractivity contribution in [1.82, 2.24) is 20.1 Å². The van der Waals surface area contributed by atoms with Gasteiger partial charge in [0.2, 0.25) is 5.88 Å². The Labute approximate surface area is 157 Å². The number of piperidine rings is 1. The van der Waals surface area contributed by atoms with Crippen molar-refractivity contribution in [3.8, 4) is 11.6 Å². The second-order valence-electron chi connectivity index (χ2n) is 6.50. The lowest BCUT2D eigenvalue weighted by molar-refractivity contribution is 0.194. The van der Waals surface area contributed by atoms with E-state index in [0.717, 1.165) is 31.6 Å². The molecule has 0 saturated carbocycles. The van der Waals surface area contributed by atoms with Gasteiger partial charge in [-0.05, 0) is 37.1 Å². The average Bonchev–Trinajstić information content (AvgIpc) is 3.24. The van der Waals surface area contributed by atoms with Gasteiger partial charge in [0.25, 0.3) is 0 Å². The fourth-order valence-corrected chi connectivity index (χ4v) is 3.26. The van der Waals surface area contributed by atoms with Gasteiger partial charge in [0.1, 0.15) is 5.75 Å². The van der Waals surface area contributed by atoms with Crippen molar-refractivity contribution < 1.29 is 9.53 Å². The maximum Gasteiger partial charge on any atom is 0.321 e. The van der Waals surface area contributed by atoms with E-state index in [-0.39, 0.29) is 6.03 Å². The van der Waals surface area contributed by atoms with E-state index in [1.165, 1.54) is 0 Å². The SMILES string of the molecule is O=C(Nc1cccc(Oc2ccccn2)c1)N1CCC(c2ccn[nH]2)CC1. The molecular formula is C20H21N5O2. The number of carbonyl (C=O) groups excluding carboxylic acids is 1. The third-order valence-corrected chi connectivity index (χ3v) is 4.69. The molecule has 0 aliphatic carbocycles. The molecule has 0 unspecified atom stereocenters. The van der Waals surface area contributed by atoms with Gasteiger partial charge in [-0.25, -0.2) is 9.78 Å². The third-order valence-electron chi connectivity index (χ3n) is 4.69. The summed E-state index contributed by atoms with van der Waals surface area (Å²) in [6, 6.07) is 14.7. The Kier molecular flexibility index (Phi) is 5.00. The van der Waals surface area contributed by atoms with Gasteiger partial charge in [-0.3, -0.25) is 5.10 Å². The number of H-pyrrole nitrogens is 1. The Morgan fingerprint density at radius 1 is 1.11 bits per heavy atom. The lowest BCUT2D eigenvalue weighted by atomic mass is 9.94. The Bertz CT molecular complexity index is 874. The predicted octanol–water partition coefficient (Wildman–Crippen LogP) is 4.01. The first-order valence-corrected chi connectivity index (χ1v) is 9.02. The highest BCUT2D eigenvalue weighted by molar-refractivity contribution is 5.89. The summed E-state index contributed by atoms with van der Waals surface area (Å²) < 4.78 is 5.72. The number of likely N-dealkylation sites (tertiary alicyclic amines) is 1. The average molecular weight is 363 g/mol. The monoisotopic (exact) mass is 363 g/mol. The van der Waals surface area contributed by atoms with Crippen molar-refractivity contribution in [2.24, 2.45) is 0 Å². The molecule has 2 N–H and O–H groups in total. The molecular weight excluding hydrogens is 342 g/mol. The molecule has 0 atom stereocenters. The number of hydrogen-bond donors (Lipinski definition) is 2. The van der Waals surface area contributed by atoms with Crippen LogP contribution >= 0.6 is 0 Å². The van der Waals surface area contributed by atoms with Crippen LogP contribution in [-0.2, 0) is 0 Å². The number of urea groups is 1. The summed E-state index contributed by atoms with van der Waals surface area (Å²) in [7, 11) is 0. The molecule has 1 fully saturated rings. The van der Waals surface area contributed by atoms with Crippen LogP contribution in [0.15, 0.2) is 60.9 Å². The topological polar surface area (TPSA) is 83.1 Å². The summed E-state index contributed by atoms with van der Waals surface area (Å²) in [5.41, 5.74) is 1.85. The molecule has 7 nitrogen and oxygen atoms in total. The van der Waals surface area contributed by atoms with Crippen LogP contribution in [0.5, 0.6) is 11.6 Å². The number of nitrogens with one attached hydrogen (secondary N) is 2. The molecule has 0 radical (unpaired) electrons. The first kappa shape index (κ1) is 17.1. The Morgan fingerprint density at radius 3 is 2.74 bits per heavy atom. The number of benzene rings is 1. The molecule has 0 bridgehead atoms. The molecule has 3 heterocycles. The predicted molar refractivity (Wildman–Crippen MR) is 102 cm³/mol. The molecule has 3 aromatic rings. The van der Waals surface area contributed by atoms with Crippen LogP contribution in [0, 0.1) is 0 Å². The minimum atomic E-state index is -0.0898. The minimum Gasteiger partial charge on any atom is -0.439 e. The molecule has 1 aromatic carbocycles. The number of aromatic nitrogens is 3. The number of ether oxygens (including phenoxy) is 1. The van der Waals surface area contributed by atoms with Gasteiger partial charge in [0.05, 0.1) is 0 Å². The van der Waals surface area contributed by atoms with Gasteiger partial charge >= 0.3 is 6.03 Å². The number of hydrogen-bond acceptors (Lipinski definition) is 4. The van der Waals surface area contributed by atoms with Gasteiger partial charge < -0.3 is 15.0 Å². The third kappa shape index (κ3) is 4.25. The maximum atomic E-state index is 12.6. The van der Waals surface area contributed by atoms with Gasteiger partial charge in [0, 0.05) is 54.9 Å². The van der Waals surface area contributed by atoms with Crippen molar-refractivity contribution in [1.29, 1.82) is 0 Å². The highest BCUT2D eigenvalue weighted by Crippen LogP contribution is 2.27. The standard InChI is InChI=1S/C20H21N5O2/c26-20(25-12-8-15(9-13-25)18-7-11-22-24-18)23-16-4-3-5-17(14-16)27-19-6-1-2-10-21-19/h1-7,10-11,14-15H,8-9,12-13H2,(H,22,24)(H,23,26). The summed E-state index contributed by atoms with van der Waals surface area (Å²) >= 11 is 0. The van der Waals surface area contributed by atoms with E-state index >= 15 is 0 Å². The van der Waals surface area contributed by atoms with E-state index in [4.69, 9.17) is 4.74 Å². The van der Waals surface area contributed by atoms with Crippen molar-refractivity contribution in [2.45, 2.75) is 18.8 Å². The van der Waals surface area contributed by atoms with Gasteiger partial charge in [-0.2, -0.15) is 5.10 Å². The van der Waals surface area contributed by atoms with E-state index in [2.05, 4.69) is 20.5 Å². The van der Waals surface area contributed by atoms with E-state index in [1.807, 2.05) is 41.3 Å². The number of carbonyl (C=O) groups is 1. The summed E-state index contributed by atoms with van der Waals surface area (Å²) in [5, 5.41) is 9.99. The van der Waals surface area contributed by atoms with Crippen LogP contribution in [0.4, 0.5) is 10.5 Å². The van der Waals surface area contributed by atoms with E-state index < -0.39 is 0 Å². The van der Waals surface area contributed by atoms with Crippen molar-refractivity contribution in [3.63, 3.8) is 0 Å². The lowest BCUT2D eigenvalue weighted by Gasteiger charge is -2.31. The fraction of sp³-hybridized carbons (Fsp3) is 0.250. The molecule has 1 saturated heterocycles. The fourth-order valence-electron chi connectivity index (χ4n) is 3.26. The van der Waals surface area contributed by atoms with Crippen LogP contribution in [0.3, 0.4) is 0 Å². The molecule has 138 valence electrons. The first-order chi connectivity index (χ1) is 13.3. The summed E-state index contributed by atoms with van der Waals surface area (Å²) in [6.07, 6.45) is 5.30. The largest absolute Gasteiger partial charge is 0.439 e. The number of amides is 2. The smallest absolute Gasteiger partial charge is 0.321 e. The van der Waals surface area contributed by atoms with Crippen molar-refractivity contribution >= 4 is 11.7 Å². The summed E-state index contributed by atoms with van der Waals surface area (Å²) in [5.74, 6) is 1.58. The second-order valence-corrected chi connectivity index (χ2v) is 6.50. The summed E-state index contributed by atoms with van der Waals surface area (Å²) in [6.45, 7) is 1.44. The van der Waals surface area contributed by atoms with E-state index in [9.17, 15) is 4.79 Å². The van der Waals surface area contributed by atoms with Gasteiger partial charge in [-0.15, -0.1) is 0 Å². The van der Waals surface area contributed by atoms with Crippen LogP contribution in [0.25, 0.3) is 0 Å². The number of aromatic amines is 1. The summed E-state index contributed by atoms with van der Waals surface area (Å²) in [4.78, 5) is 18.6. The molecule has 27 heavy (non-hydrogen) atoms. The van der Waals surface area contributed by atoms with E-state index in [1.54, 1.807) is 24.5 Å². The molecule has 0 spiro atoms. The van der Waals surface area contributed by atoms with Crippen LogP contribution in [-0.4, -0.2) is 39.2 Å². The van der Waals surface area contributed by atoms with Crippen molar-refractivity contribution in [2.75, 3.05) is 18.4 Å². The quantitative estimate of drug-likeness (QED) is 0.734. The zero-order valence-electron chi connectivity index (χ0n) is 14.8. The Balaban J connectivity index is 1.34. The number of rotatable bonds is 4. The lowest BCUT2D eigenvalue weighted by Crippen LogP contribution is -2.40. The van der Waals surface area contributed by atoms with Crippen LogP contribution < -0.4 is 10.1 Å². The normalized spacial score (nSPS) is 14.7. The number of pyridine rings is 1. The molecule has 2 aromatic heterocycles. The maximum absolute atomic E-state index is 12.6. The van der Waals surface area contributed by atoms with Crippen molar-refractivity contribution in [3.05, 3.63) is 66.6 Å². The van der Waals surface area contributed by atoms with Gasteiger partial charge in [-0.1, -0.05) is 12.1 Å². The highest BCUT2D eigenvalue weighted by atomic mass is 16.5. The van der Waals surface area contributed by atoms with Crippen LogP contribution in [0.2, 0.25) is 0 Å². The Hall–Kier alpha value is -3.35. The molecule has 1 aliphatic rings. The molecule has 7 heteroatoms. The molecule has 1 aliphatic heterocycles. The Morgan fingerprint density at radius 2 is 2.00 bits per heavy atom. The number of anilines is 1. The van der Waals surface area contributed by atoms with E-state index in [0.29, 0.717) is 23.2 Å². The highest BCUT2D eigenvalue weighted by Gasteiger charge is 2.24. The first-order valence-electron chi connectivity index (χ1n) is 9.02.